The molecule has 0 spiro atoms. The van der Waals surface area contributed by atoms with Crippen LogP contribution in [0.1, 0.15) is 42.6 Å². The van der Waals surface area contributed by atoms with Gasteiger partial charge in [-0.3, -0.25) is 9.59 Å². The number of carbonyl (C=O) groups excluding carboxylic acids is 2. The van der Waals surface area contributed by atoms with Gasteiger partial charge in [0.15, 0.2) is 0 Å². The van der Waals surface area contributed by atoms with Crippen molar-refractivity contribution < 1.29 is 9.59 Å². The fourth-order valence-electron chi connectivity index (χ4n) is 3.67. The molecular weight excluding hydrogens is 398 g/mol. The summed E-state index contributed by atoms with van der Waals surface area (Å²) in [7, 11) is 0. The van der Waals surface area contributed by atoms with E-state index in [1.807, 2.05) is 80.6 Å². The van der Waals surface area contributed by atoms with Gasteiger partial charge < -0.3 is 10.6 Å². The van der Waals surface area contributed by atoms with Crippen molar-refractivity contribution in [1.29, 1.82) is 5.26 Å². The Morgan fingerprint density at radius 3 is 2.28 bits per heavy atom. The first-order valence-corrected chi connectivity index (χ1v) is 11.0. The van der Waals surface area contributed by atoms with E-state index in [9.17, 15) is 14.9 Å². The summed E-state index contributed by atoms with van der Waals surface area (Å²) in [4.78, 5) is 25.9. The highest BCUT2D eigenvalue weighted by Gasteiger charge is 2.24. The normalized spacial score (nSPS) is 12.7. The molecule has 0 fully saturated rings. The van der Waals surface area contributed by atoms with E-state index in [1.165, 1.54) is 0 Å². The zero-order valence-electron chi connectivity index (χ0n) is 18.5. The number of nitriles is 1. The van der Waals surface area contributed by atoms with Crippen LogP contribution in [-0.4, -0.2) is 23.9 Å². The van der Waals surface area contributed by atoms with Gasteiger partial charge in [0.2, 0.25) is 5.91 Å². The minimum atomic E-state index is -0.707. The SMILES string of the molecule is CC(C)C[C@H](NC(=O)c1ccc2ccccc2c1)C(=O)N[C@H](C#N)CCc1ccccc1. The second kappa shape index (κ2) is 11.1. The highest BCUT2D eigenvalue weighted by molar-refractivity contribution is 6.00. The van der Waals surface area contributed by atoms with E-state index in [-0.39, 0.29) is 17.7 Å². The molecule has 5 heteroatoms. The van der Waals surface area contributed by atoms with E-state index in [4.69, 9.17) is 0 Å². The predicted molar refractivity (Wildman–Crippen MR) is 127 cm³/mol. The average Bonchev–Trinajstić information content (AvgIpc) is 2.81. The number of carbonyl (C=O) groups is 2. The molecule has 3 aromatic carbocycles. The summed E-state index contributed by atoms with van der Waals surface area (Å²) in [5, 5.41) is 17.2. The number of nitrogens with one attached hydrogen (secondary N) is 2. The first-order chi connectivity index (χ1) is 15.5. The van der Waals surface area contributed by atoms with Crippen LogP contribution in [0.3, 0.4) is 0 Å². The molecule has 5 nitrogen and oxygen atoms in total. The van der Waals surface area contributed by atoms with Crippen molar-refractivity contribution in [3.8, 4) is 6.07 Å². The number of fused-ring (bicyclic) bond motifs is 1. The Hall–Kier alpha value is -3.65. The highest BCUT2D eigenvalue weighted by Crippen LogP contribution is 2.16. The van der Waals surface area contributed by atoms with Crippen molar-refractivity contribution in [2.24, 2.45) is 5.92 Å². The van der Waals surface area contributed by atoms with Gasteiger partial charge in [-0.05, 0) is 53.6 Å². The maximum Gasteiger partial charge on any atom is 0.251 e. The molecular formula is C27H29N3O2. The van der Waals surface area contributed by atoms with Crippen LogP contribution in [0.2, 0.25) is 0 Å². The molecule has 2 atom stereocenters. The molecule has 0 heterocycles. The number of hydrogen-bond acceptors (Lipinski definition) is 3. The molecule has 0 bridgehead atoms. The van der Waals surface area contributed by atoms with Crippen molar-refractivity contribution in [3.05, 3.63) is 83.9 Å². The lowest BCUT2D eigenvalue weighted by atomic mass is 10.0. The predicted octanol–water partition coefficient (Wildman–Crippen LogP) is 4.63. The molecule has 0 unspecified atom stereocenters. The standard InChI is InChI=1S/C27H29N3O2/c1-19(2)16-25(27(32)29-24(18-28)15-12-20-8-4-3-5-9-20)30-26(31)23-14-13-21-10-6-7-11-22(21)17-23/h3-11,13-14,17,19,24-25H,12,15-16H2,1-2H3,(H,29,32)(H,30,31)/t24-,25-/m0/s1. The molecule has 2 amide bonds. The third kappa shape index (κ3) is 6.42. The fraction of sp³-hybridized carbons (Fsp3) is 0.296. The van der Waals surface area contributed by atoms with E-state index in [0.29, 0.717) is 24.8 Å². The minimum absolute atomic E-state index is 0.201. The maximum absolute atomic E-state index is 13.0. The van der Waals surface area contributed by atoms with Crippen molar-refractivity contribution >= 4 is 22.6 Å². The van der Waals surface area contributed by atoms with Crippen molar-refractivity contribution in [2.75, 3.05) is 0 Å². The van der Waals surface area contributed by atoms with E-state index >= 15 is 0 Å². The largest absolute Gasteiger partial charge is 0.340 e. The van der Waals surface area contributed by atoms with Crippen LogP contribution in [-0.2, 0) is 11.2 Å². The van der Waals surface area contributed by atoms with Gasteiger partial charge in [0.05, 0.1) is 6.07 Å². The monoisotopic (exact) mass is 427 g/mol. The van der Waals surface area contributed by atoms with Crippen LogP contribution >= 0.6 is 0 Å². The van der Waals surface area contributed by atoms with Crippen LogP contribution < -0.4 is 10.6 Å². The van der Waals surface area contributed by atoms with Gasteiger partial charge in [-0.1, -0.05) is 74.5 Å². The quantitative estimate of drug-likeness (QED) is 0.522. The van der Waals surface area contributed by atoms with Gasteiger partial charge >= 0.3 is 0 Å². The summed E-state index contributed by atoms with van der Waals surface area (Å²) >= 11 is 0. The molecule has 0 saturated heterocycles. The molecule has 0 aromatic heterocycles. The summed E-state index contributed by atoms with van der Waals surface area (Å²) < 4.78 is 0. The molecule has 32 heavy (non-hydrogen) atoms. The summed E-state index contributed by atoms with van der Waals surface area (Å²) in [6, 6.07) is 24.0. The number of hydrogen-bond donors (Lipinski definition) is 2. The first-order valence-electron chi connectivity index (χ1n) is 11.0. The Kier molecular flexibility index (Phi) is 7.99. The average molecular weight is 428 g/mol. The van der Waals surface area contributed by atoms with Gasteiger partial charge in [0, 0.05) is 5.56 Å². The lowest BCUT2D eigenvalue weighted by Crippen LogP contribution is -2.50. The van der Waals surface area contributed by atoms with Crippen molar-refractivity contribution in [2.45, 2.75) is 45.2 Å². The molecule has 2 N–H and O–H groups in total. The fourth-order valence-corrected chi connectivity index (χ4v) is 3.67. The molecule has 164 valence electrons. The van der Waals surface area contributed by atoms with Crippen LogP contribution in [0.15, 0.2) is 72.8 Å². The zero-order chi connectivity index (χ0) is 22.9. The van der Waals surface area contributed by atoms with E-state index < -0.39 is 12.1 Å². The lowest BCUT2D eigenvalue weighted by molar-refractivity contribution is -0.123. The molecule has 0 aliphatic rings. The van der Waals surface area contributed by atoms with E-state index in [1.54, 1.807) is 6.07 Å². The van der Waals surface area contributed by atoms with Crippen LogP contribution in [0.5, 0.6) is 0 Å². The van der Waals surface area contributed by atoms with E-state index in [0.717, 1.165) is 16.3 Å². The third-order valence-electron chi connectivity index (χ3n) is 5.38. The zero-order valence-corrected chi connectivity index (χ0v) is 18.5. The molecule has 0 saturated carbocycles. The Balaban J connectivity index is 1.66. The molecule has 0 aliphatic heterocycles. The highest BCUT2D eigenvalue weighted by atomic mass is 16.2. The molecule has 0 aliphatic carbocycles. The van der Waals surface area contributed by atoms with Gasteiger partial charge in [0.25, 0.3) is 5.91 Å². The van der Waals surface area contributed by atoms with E-state index in [2.05, 4.69) is 16.7 Å². The molecule has 3 aromatic rings. The Labute approximate surface area is 189 Å². The Bertz CT molecular complexity index is 1100. The van der Waals surface area contributed by atoms with Crippen molar-refractivity contribution in [1.82, 2.24) is 10.6 Å². The van der Waals surface area contributed by atoms with Gasteiger partial charge in [-0.25, -0.2) is 0 Å². The number of aryl methyl sites for hydroxylation is 1. The van der Waals surface area contributed by atoms with Crippen LogP contribution in [0.25, 0.3) is 10.8 Å². The first kappa shape index (κ1) is 23.0. The third-order valence-corrected chi connectivity index (χ3v) is 5.38. The second-order valence-corrected chi connectivity index (χ2v) is 8.43. The molecule has 0 radical (unpaired) electrons. The van der Waals surface area contributed by atoms with Crippen LogP contribution in [0.4, 0.5) is 0 Å². The maximum atomic E-state index is 13.0. The van der Waals surface area contributed by atoms with Crippen LogP contribution in [0, 0.1) is 17.2 Å². The smallest absolute Gasteiger partial charge is 0.251 e. The summed E-state index contributed by atoms with van der Waals surface area (Å²) in [5.41, 5.74) is 1.62. The Morgan fingerprint density at radius 2 is 1.59 bits per heavy atom. The number of nitrogens with zero attached hydrogens (tertiary/aromatic N) is 1. The summed E-state index contributed by atoms with van der Waals surface area (Å²) in [6.07, 6.45) is 1.69. The Morgan fingerprint density at radius 1 is 0.906 bits per heavy atom. The van der Waals surface area contributed by atoms with Gasteiger partial charge in [-0.15, -0.1) is 0 Å². The van der Waals surface area contributed by atoms with Crippen molar-refractivity contribution in [3.63, 3.8) is 0 Å². The summed E-state index contributed by atoms with van der Waals surface area (Å²) in [6.45, 7) is 4.00. The molecule has 3 rings (SSSR count). The van der Waals surface area contributed by atoms with Gasteiger partial charge in [0.1, 0.15) is 12.1 Å². The number of amides is 2. The number of benzene rings is 3. The second-order valence-electron chi connectivity index (χ2n) is 8.43. The lowest BCUT2D eigenvalue weighted by Gasteiger charge is -2.22. The number of rotatable bonds is 9. The minimum Gasteiger partial charge on any atom is -0.340 e. The van der Waals surface area contributed by atoms with Gasteiger partial charge in [-0.2, -0.15) is 5.26 Å². The summed E-state index contributed by atoms with van der Waals surface area (Å²) in [5.74, 6) is -0.422. The topological polar surface area (TPSA) is 82.0 Å².